The summed E-state index contributed by atoms with van der Waals surface area (Å²) in [4.78, 5) is 26.8. The Bertz CT molecular complexity index is 838. The molecule has 0 bridgehead atoms. The smallest absolute Gasteiger partial charge is 0.406 e. The molecule has 154 valence electrons. The molecule has 1 fully saturated rings. The van der Waals surface area contributed by atoms with Crippen molar-refractivity contribution in [2.45, 2.75) is 31.7 Å². The second-order valence-electron chi connectivity index (χ2n) is 6.76. The molecule has 1 N–H and O–H groups in total. The molecular formula is C21H21F3N2O3. The molecule has 5 nitrogen and oxygen atoms in total. The normalized spacial score (nSPS) is 16.5. The van der Waals surface area contributed by atoms with Gasteiger partial charge in [-0.05, 0) is 49.1 Å². The molecule has 1 aliphatic rings. The minimum absolute atomic E-state index is 0.163. The Morgan fingerprint density at radius 1 is 1.07 bits per heavy atom. The second-order valence-corrected chi connectivity index (χ2v) is 6.76. The summed E-state index contributed by atoms with van der Waals surface area (Å²) in [6.07, 6.45) is -2.90. The Morgan fingerprint density at radius 2 is 1.76 bits per heavy atom. The third-order valence-corrected chi connectivity index (χ3v) is 4.71. The molecular weight excluding hydrogens is 385 g/mol. The first kappa shape index (κ1) is 20.7. The number of ether oxygens (including phenoxy) is 1. The Labute approximate surface area is 166 Å². The maximum atomic E-state index is 12.6. The van der Waals surface area contributed by atoms with Crippen LogP contribution >= 0.6 is 0 Å². The Kier molecular flexibility index (Phi) is 6.41. The quantitative estimate of drug-likeness (QED) is 0.798. The molecule has 8 heteroatoms. The number of hydrogen-bond acceptors (Lipinski definition) is 3. The summed E-state index contributed by atoms with van der Waals surface area (Å²) in [6.45, 7) is 0.856. The van der Waals surface area contributed by atoms with E-state index in [1.165, 1.54) is 24.3 Å². The van der Waals surface area contributed by atoms with E-state index < -0.39 is 12.4 Å². The maximum Gasteiger partial charge on any atom is 0.573 e. The van der Waals surface area contributed by atoms with Gasteiger partial charge in [0.1, 0.15) is 11.8 Å². The largest absolute Gasteiger partial charge is 0.573 e. The fourth-order valence-electron chi connectivity index (χ4n) is 3.33. The number of rotatable bonds is 6. The van der Waals surface area contributed by atoms with Crippen molar-refractivity contribution < 1.29 is 27.5 Å². The van der Waals surface area contributed by atoms with Gasteiger partial charge in [0, 0.05) is 18.7 Å². The third-order valence-electron chi connectivity index (χ3n) is 4.71. The second kappa shape index (κ2) is 8.98. The van der Waals surface area contributed by atoms with E-state index in [0.29, 0.717) is 31.5 Å². The van der Waals surface area contributed by atoms with Crippen molar-refractivity contribution in [1.82, 2.24) is 10.2 Å². The van der Waals surface area contributed by atoms with Crippen molar-refractivity contribution in [3.8, 4) is 5.75 Å². The molecule has 1 saturated heterocycles. The summed E-state index contributed by atoms with van der Waals surface area (Å²) in [5.41, 5.74) is 1.32. The fraction of sp³-hybridized carbons (Fsp3) is 0.333. The van der Waals surface area contributed by atoms with Gasteiger partial charge in [0.25, 0.3) is 5.91 Å². The van der Waals surface area contributed by atoms with Gasteiger partial charge in [-0.1, -0.05) is 30.3 Å². The van der Waals surface area contributed by atoms with Crippen LogP contribution in [0.15, 0.2) is 54.6 Å². The highest BCUT2D eigenvalue weighted by atomic mass is 19.4. The number of alkyl halides is 3. The van der Waals surface area contributed by atoms with E-state index in [4.69, 9.17) is 0 Å². The zero-order valence-electron chi connectivity index (χ0n) is 15.6. The highest BCUT2D eigenvalue weighted by Crippen LogP contribution is 2.23. The molecule has 0 aromatic heterocycles. The molecule has 1 atom stereocenters. The summed E-state index contributed by atoms with van der Waals surface area (Å²) in [5, 5.41) is 2.82. The summed E-state index contributed by atoms with van der Waals surface area (Å²) in [5.74, 6) is -0.668. The summed E-state index contributed by atoms with van der Waals surface area (Å²) < 4.78 is 40.4. The predicted octanol–water partition coefficient (Wildman–Crippen LogP) is 3.55. The average molecular weight is 406 g/mol. The average Bonchev–Trinajstić information content (AvgIpc) is 3.18. The monoisotopic (exact) mass is 406 g/mol. The molecule has 3 rings (SSSR count). The van der Waals surface area contributed by atoms with Crippen LogP contribution in [0.2, 0.25) is 0 Å². The van der Waals surface area contributed by atoms with Crippen molar-refractivity contribution in [3.63, 3.8) is 0 Å². The van der Waals surface area contributed by atoms with Crippen LogP contribution in [0.25, 0.3) is 0 Å². The topological polar surface area (TPSA) is 58.6 Å². The first-order valence-electron chi connectivity index (χ1n) is 9.32. The fourth-order valence-corrected chi connectivity index (χ4v) is 3.33. The van der Waals surface area contributed by atoms with Crippen LogP contribution in [0.1, 0.15) is 28.8 Å². The maximum absolute atomic E-state index is 12.6. The highest BCUT2D eigenvalue weighted by Gasteiger charge is 2.34. The van der Waals surface area contributed by atoms with Crippen LogP contribution in [-0.4, -0.2) is 42.2 Å². The van der Waals surface area contributed by atoms with E-state index in [1.54, 1.807) is 29.2 Å². The number of carbonyl (C=O) groups is 2. The molecule has 0 aliphatic carbocycles. The van der Waals surface area contributed by atoms with Gasteiger partial charge in [-0.15, -0.1) is 13.2 Å². The van der Waals surface area contributed by atoms with Crippen LogP contribution in [0.3, 0.4) is 0 Å². The van der Waals surface area contributed by atoms with Crippen molar-refractivity contribution >= 4 is 11.8 Å². The van der Waals surface area contributed by atoms with Crippen molar-refractivity contribution in [3.05, 3.63) is 65.7 Å². The van der Waals surface area contributed by atoms with Crippen molar-refractivity contribution in [2.75, 3.05) is 13.1 Å². The van der Waals surface area contributed by atoms with Crippen LogP contribution in [-0.2, 0) is 11.2 Å². The van der Waals surface area contributed by atoms with Crippen molar-refractivity contribution in [2.24, 2.45) is 0 Å². The minimum atomic E-state index is -4.72. The molecule has 1 heterocycles. The van der Waals surface area contributed by atoms with Crippen LogP contribution in [0, 0.1) is 0 Å². The lowest BCUT2D eigenvalue weighted by Gasteiger charge is -2.24. The molecule has 1 aliphatic heterocycles. The molecule has 2 aromatic carbocycles. The molecule has 29 heavy (non-hydrogen) atoms. The molecule has 2 amide bonds. The predicted molar refractivity (Wildman–Crippen MR) is 100 cm³/mol. The lowest BCUT2D eigenvalue weighted by atomic mass is 10.1. The Balaban J connectivity index is 1.50. The minimum Gasteiger partial charge on any atom is -0.406 e. The van der Waals surface area contributed by atoms with Crippen LogP contribution in [0.5, 0.6) is 5.75 Å². The van der Waals surface area contributed by atoms with Gasteiger partial charge >= 0.3 is 6.36 Å². The summed E-state index contributed by atoms with van der Waals surface area (Å²) in [7, 11) is 0. The van der Waals surface area contributed by atoms with Crippen LogP contribution in [0.4, 0.5) is 13.2 Å². The zero-order chi connectivity index (χ0) is 20.9. The third kappa shape index (κ3) is 5.73. The van der Waals surface area contributed by atoms with Crippen LogP contribution < -0.4 is 10.1 Å². The first-order valence-corrected chi connectivity index (χ1v) is 9.32. The van der Waals surface area contributed by atoms with E-state index in [9.17, 15) is 22.8 Å². The van der Waals surface area contributed by atoms with Gasteiger partial charge in [0.2, 0.25) is 5.91 Å². The molecule has 0 spiro atoms. The van der Waals surface area contributed by atoms with Gasteiger partial charge in [0.05, 0.1) is 0 Å². The number of amides is 2. The number of carbonyl (C=O) groups excluding carboxylic acids is 2. The van der Waals surface area contributed by atoms with Crippen molar-refractivity contribution in [1.29, 1.82) is 0 Å². The molecule has 2 aromatic rings. The Hall–Kier alpha value is -3.03. The molecule has 0 saturated carbocycles. The standard InChI is InChI=1S/C21H21F3N2O3/c22-21(23,24)29-17-10-8-15(9-11-17)12-13-25-19(27)18-7-4-14-26(18)20(28)16-5-2-1-3-6-16/h1-3,5-6,8-11,18H,4,7,12-14H2,(H,25,27). The summed E-state index contributed by atoms with van der Waals surface area (Å²) >= 11 is 0. The number of benzene rings is 2. The lowest BCUT2D eigenvalue weighted by molar-refractivity contribution is -0.274. The van der Waals surface area contributed by atoms with Gasteiger partial charge in [-0.2, -0.15) is 0 Å². The first-order chi connectivity index (χ1) is 13.8. The van der Waals surface area contributed by atoms with Gasteiger partial charge < -0.3 is 15.0 Å². The van der Waals surface area contributed by atoms with E-state index in [2.05, 4.69) is 10.1 Å². The van der Waals surface area contributed by atoms with E-state index >= 15 is 0 Å². The van der Waals surface area contributed by atoms with Gasteiger partial charge in [0.15, 0.2) is 0 Å². The number of nitrogens with zero attached hydrogens (tertiary/aromatic N) is 1. The van der Waals surface area contributed by atoms with E-state index in [1.807, 2.05) is 6.07 Å². The number of nitrogens with one attached hydrogen (secondary N) is 1. The molecule has 0 radical (unpaired) electrons. The van der Waals surface area contributed by atoms with Gasteiger partial charge in [-0.3, -0.25) is 9.59 Å². The SMILES string of the molecule is O=C(NCCc1ccc(OC(F)(F)F)cc1)C1CCCN1C(=O)c1ccccc1. The molecule has 1 unspecified atom stereocenters. The number of hydrogen-bond donors (Lipinski definition) is 1. The Morgan fingerprint density at radius 3 is 2.41 bits per heavy atom. The summed E-state index contributed by atoms with van der Waals surface area (Å²) in [6, 6.07) is 13.8. The van der Waals surface area contributed by atoms with E-state index in [0.717, 1.165) is 12.0 Å². The lowest BCUT2D eigenvalue weighted by Crippen LogP contribution is -2.46. The van der Waals surface area contributed by atoms with E-state index in [-0.39, 0.29) is 17.6 Å². The number of likely N-dealkylation sites (tertiary alicyclic amines) is 1. The van der Waals surface area contributed by atoms with Gasteiger partial charge in [-0.25, -0.2) is 0 Å². The number of halogens is 3. The highest BCUT2D eigenvalue weighted by molar-refractivity contribution is 5.97. The zero-order valence-corrected chi connectivity index (χ0v) is 15.6.